The molecule has 0 saturated heterocycles. The normalized spacial score (nSPS) is 16.0. The first kappa shape index (κ1) is 22.5. The number of benzene rings is 4. The Labute approximate surface area is 239 Å². The number of hydrogen-bond acceptors (Lipinski definition) is 7. The molecule has 41 heavy (non-hydrogen) atoms. The molecular weight excluding hydrogens is 528 g/mol. The number of hydrogen-bond donors (Lipinski definition) is 1. The van der Waals surface area contributed by atoms with E-state index in [1.807, 2.05) is 66.9 Å². The molecule has 0 radical (unpaired) electrons. The Morgan fingerprint density at radius 1 is 0.683 bits per heavy atom. The number of anilines is 5. The van der Waals surface area contributed by atoms with Crippen LogP contribution in [0.5, 0.6) is 23.0 Å². The van der Waals surface area contributed by atoms with Crippen LogP contribution in [0.25, 0.3) is 22.4 Å². The van der Waals surface area contributed by atoms with Crippen LogP contribution in [0.4, 0.5) is 28.6 Å². The highest BCUT2D eigenvalue weighted by molar-refractivity contribution is 7.17. The average molecular weight is 551 g/mol. The van der Waals surface area contributed by atoms with Gasteiger partial charge in [-0.1, -0.05) is 48.5 Å². The summed E-state index contributed by atoms with van der Waals surface area (Å²) in [7, 11) is 0. The Balaban J connectivity index is 1.17. The molecule has 6 aromatic rings. The van der Waals surface area contributed by atoms with Gasteiger partial charge in [-0.25, -0.2) is 4.98 Å². The standard InChI is InChI=1S/C34H22N4O2S/c1-5-13-27-23(9-1)37(24-10-2-6-14-28(24)39-27)33-17-31-21(19-35-33)22-20-36-34(18-32(22)41-31)38-25-11-3-7-15-29(25)40-30-16-8-4-12-26(30)38/h1-20,33,35H. The van der Waals surface area contributed by atoms with E-state index in [1.54, 1.807) is 11.3 Å². The Hall–Kier alpha value is -5.27. The molecule has 0 bridgehead atoms. The highest BCUT2D eigenvalue weighted by atomic mass is 32.1. The maximum Gasteiger partial charge on any atom is 0.151 e. The number of ether oxygens (including phenoxy) is 2. The molecule has 0 aliphatic carbocycles. The van der Waals surface area contributed by atoms with E-state index in [9.17, 15) is 0 Å². The van der Waals surface area contributed by atoms with Crippen molar-refractivity contribution < 1.29 is 9.47 Å². The Bertz CT molecular complexity index is 2050. The van der Waals surface area contributed by atoms with E-state index in [2.05, 4.69) is 69.9 Å². The molecule has 0 spiro atoms. The molecule has 5 heterocycles. The second-order valence-electron chi connectivity index (χ2n) is 10.1. The van der Waals surface area contributed by atoms with E-state index in [4.69, 9.17) is 14.5 Å². The van der Waals surface area contributed by atoms with E-state index in [1.165, 1.54) is 9.23 Å². The Morgan fingerprint density at radius 3 is 1.83 bits per heavy atom. The molecule has 7 heteroatoms. The van der Waals surface area contributed by atoms with Crippen LogP contribution in [0.15, 0.2) is 109 Å². The second-order valence-corrected chi connectivity index (χ2v) is 11.2. The van der Waals surface area contributed by atoms with Gasteiger partial charge in [0.2, 0.25) is 0 Å². The quantitative estimate of drug-likeness (QED) is 0.244. The molecule has 1 atom stereocenters. The maximum atomic E-state index is 6.22. The predicted molar refractivity (Wildman–Crippen MR) is 165 cm³/mol. The lowest BCUT2D eigenvalue weighted by molar-refractivity contribution is 0.469. The van der Waals surface area contributed by atoms with Gasteiger partial charge in [0.1, 0.15) is 12.0 Å². The van der Waals surface area contributed by atoms with Crippen molar-refractivity contribution in [1.82, 2.24) is 10.3 Å². The number of nitrogens with zero attached hydrogens (tertiary/aromatic N) is 3. The minimum absolute atomic E-state index is 0.0767. The van der Waals surface area contributed by atoms with Gasteiger partial charge in [-0.2, -0.15) is 0 Å². The SMILES string of the molecule is C1=c2sc3cc(N4c5ccccc5Oc5ccccc54)ncc3c2=CNC1N1c2ccccc2Oc2ccccc21. The fourth-order valence-electron chi connectivity index (χ4n) is 5.91. The summed E-state index contributed by atoms with van der Waals surface area (Å²) >= 11 is 1.79. The number of fused-ring (bicyclic) bond motifs is 7. The maximum absolute atomic E-state index is 6.22. The summed E-state index contributed by atoms with van der Waals surface area (Å²) in [5, 5.41) is 5.95. The van der Waals surface area contributed by atoms with Crippen molar-refractivity contribution in [3.63, 3.8) is 0 Å². The summed E-state index contributed by atoms with van der Waals surface area (Å²) < 4.78 is 14.8. The van der Waals surface area contributed by atoms with Crippen molar-refractivity contribution in [3.05, 3.63) is 119 Å². The highest BCUT2D eigenvalue weighted by Crippen LogP contribution is 2.50. The van der Waals surface area contributed by atoms with E-state index in [0.717, 1.165) is 62.2 Å². The van der Waals surface area contributed by atoms with Crippen molar-refractivity contribution in [1.29, 1.82) is 0 Å². The molecule has 0 saturated carbocycles. The van der Waals surface area contributed by atoms with Crippen LogP contribution in [0.2, 0.25) is 0 Å². The lowest BCUT2D eigenvalue weighted by Crippen LogP contribution is -2.46. The molecule has 0 fully saturated rings. The van der Waals surface area contributed by atoms with E-state index in [0.29, 0.717) is 0 Å². The first-order valence-electron chi connectivity index (χ1n) is 13.5. The fraction of sp³-hybridized carbons (Fsp3) is 0.0294. The van der Waals surface area contributed by atoms with E-state index >= 15 is 0 Å². The van der Waals surface area contributed by atoms with Crippen LogP contribution in [-0.2, 0) is 0 Å². The zero-order chi connectivity index (χ0) is 26.9. The molecule has 2 aromatic heterocycles. The molecule has 0 amide bonds. The zero-order valence-electron chi connectivity index (χ0n) is 21.7. The molecule has 3 aliphatic heterocycles. The van der Waals surface area contributed by atoms with Crippen molar-refractivity contribution in [2.75, 3.05) is 9.80 Å². The molecular formula is C34H22N4O2S. The monoisotopic (exact) mass is 550 g/mol. The van der Waals surface area contributed by atoms with Crippen LogP contribution in [-0.4, -0.2) is 11.1 Å². The number of nitrogens with one attached hydrogen (secondary N) is 1. The van der Waals surface area contributed by atoms with Gasteiger partial charge < -0.3 is 19.7 Å². The van der Waals surface area contributed by atoms with Gasteiger partial charge in [0.15, 0.2) is 23.0 Å². The third kappa shape index (κ3) is 3.39. The predicted octanol–water partition coefficient (Wildman–Crippen LogP) is 7.26. The van der Waals surface area contributed by atoms with Crippen LogP contribution in [0.3, 0.4) is 0 Å². The van der Waals surface area contributed by atoms with Gasteiger partial charge in [-0.3, -0.25) is 4.90 Å². The van der Waals surface area contributed by atoms with Crippen molar-refractivity contribution >= 4 is 62.3 Å². The van der Waals surface area contributed by atoms with E-state index < -0.39 is 0 Å². The summed E-state index contributed by atoms with van der Waals surface area (Å²) in [4.78, 5) is 9.46. The van der Waals surface area contributed by atoms with Crippen molar-refractivity contribution in [3.8, 4) is 23.0 Å². The summed E-state index contributed by atoms with van der Waals surface area (Å²) in [6, 6.07) is 34.8. The molecule has 4 aromatic carbocycles. The molecule has 1 N–H and O–H groups in total. The third-order valence-electron chi connectivity index (χ3n) is 7.74. The molecule has 9 rings (SSSR count). The second kappa shape index (κ2) is 8.61. The lowest BCUT2D eigenvalue weighted by atomic mass is 10.1. The van der Waals surface area contributed by atoms with Gasteiger partial charge >= 0.3 is 0 Å². The van der Waals surface area contributed by atoms with Crippen LogP contribution in [0.1, 0.15) is 0 Å². The summed E-state index contributed by atoms with van der Waals surface area (Å²) in [5.74, 6) is 4.20. The Morgan fingerprint density at radius 2 is 1.22 bits per heavy atom. The number of aromatic nitrogens is 1. The first-order chi connectivity index (χ1) is 20.3. The minimum Gasteiger partial charge on any atom is -0.453 e. The number of thiophene rings is 1. The van der Waals surface area contributed by atoms with Crippen molar-refractivity contribution in [2.45, 2.75) is 6.17 Å². The number of para-hydroxylation sites is 8. The topological polar surface area (TPSA) is 49.9 Å². The van der Waals surface area contributed by atoms with Gasteiger partial charge in [0, 0.05) is 32.2 Å². The summed E-state index contributed by atoms with van der Waals surface area (Å²) in [6.07, 6.45) is 6.34. The molecule has 3 aliphatic rings. The zero-order valence-corrected chi connectivity index (χ0v) is 22.5. The van der Waals surface area contributed by atoms with Gasteiger partial charge in [-0.05, 0) is 60.7 Å². The lowest BCUT2D eigenvalue weighted by Gasteiger charge is -2.37. The smallest absolute Gasteiger partial charge is 0.151 e. The first-order valence-corrected chi connectivity index (χ1v) is 14.3. The van der Waals surface area contributed by atoms with E-state index in [-0.39, 0.29) is 6.17 Å². The van der Waals surface area contributed by atoms with Gasteiger partial charge in [-0.15, -0.1) is 11.3 Å². The van der Waals surface area contributed by atoms with Crippen LogP contribution < -0.4 is 34.3 Å². The molecule has 196 valence electrons. The highest BCUT2D eigenvalue weighted by Gasteiger charge is 2.30. The van der Waals surface area contributed by atoms with Gasteiger partial charge in [0.25, 0.3) is 0 Å². The molecule has 1 unspecified atom stereocenters. The Kier molecular flexibility index (Phi) is 4.73. The summed E-state index contributed by atoms with van der Waals surface area (Å²) in [5.41, 5.74) is 4.02. The number of rotatable bonds is 2. The largest absolute Gasteiger partial charge is 0.453 e. The third-order valence-corrected chi connectivity index (χ3v) is 8.88. The number of pyridine rings is 1. The average Bonchev–Trinajstić information content (AvgIpc) is 3.39. The minimum atomic E-state index is -0.0767. The van der Waals surface area contributed by atoms with Crippen molar-refractivity contribution in [2.24, 2.45) is 0 Å². The van der Waals surface area contributed by atoms with Gasteiger partial charge in [0.05, 0.1) is 22.7 Å². The summed E-state index contributed by atoms with van der Waals surface area (Å²) in [6.45, 7) is 0. The van der Waals surface area contributed by atoms with Crippen LogP contribution in [0, 0.1) is 0 Å². The van der Waals surface area contributed by atoms with Crippen LogP contribution >= 0.6 is 11.3 Å². The fourth-order valence-corrected chi connectivity index (χ4v) is 7.06. The molecule has 6 nitrogen and oxygen atoms in total.